The first-order valence-corrected chi connectivity index (χ1v) is 7.02. The Morgan fingerprint density at radius 1 is 1.14 bits per heavy atom. The summed E-state index contributed by atoms with van der Waals surface area (Å²) in [5, 5.41) is 1.39. The molecule has 0 N–H and O–H groups in total. The second kappa shape index (κ2) is 5.61. The molecule has 2 aromatic heterocycles. The van der Waals surface area contributed by atoms with Crippen LogP contribution in [0.25, 0.3) is 16.9 Å². The summed E-state index contributed by atoms with van der Waals surface area (Å²) in [5.41, 5.74) is 3.77. The van der Waals surface area contributed by atoms with Crippen LogP contribution in [0.2, 0.25) is 0 Å². The van der Waals surface area contributed by atoms with Crippen LogP contribution in [0.1, 0.15) is 10.4 Å². The second-order valence-electron chi connectivity index (χ2n) is 5.31. The number of carbonyl (C=O) groups excluding carboxylic acids is 1. The predicted molar refractivity (Wildman–Crippen MR) is 83.1 cm³/mol. The van der Waals surface area contributed by atoms with Crippen LogP contribution in [-0.4, -0.2) is 29.7 Å². The number of hydrogen-bond acceptors (Lipinski definition) is 3. The number of pyridine rings is 1. The second-order valence-corrected chi connectivity index (χ2v) is 5.31. The third-order valence-electron chi connectivity index (χ3n) is 3.52. The third kappa shape index (κ3) is 2.58. The van der Waals surface area contributed by atoms with Crippen LogP contribution in [0.15, 0.2) is 54.9 Å². The van der Waals surface area contributed by atoms with E-state index in [0.717, 1.165) is 16.9 Å². The zero-order valence-corrected chi connectivity index (χ0v) is 12.9. The molecular formula is C17H18N3O2+. The molecule has 2 heterocycles. The van der Waals surface area contributed by atoms with E-state index < -0.39 is 0 Å². The Labute approximate surface area is 128 Å². The lowest BCUT2D eigenvalue weighted by molar-refractivity contribution is -0.510. The van der Waals surface area contributed by atoms with E-state index in [9.17, 15) is 4.79 Å². The van der Waals surface area contributed by atoms with Crippen molar-refractivity contribution in [1.29, 1.82) is 0 Å². The molecule has 0 radical (unpaired) electrons. The van der Waals surface area contributed by atoms with Crippen molar-refractivity contribution < 1.29 is 14.0 Å². The van der Waals surface area contributed by atoms with E-state index in [1.807, 2.05) is 37.5 Å². The third-order valence-corrected chi connectivity index (χ3v) is 3.52. The highest BCUT2D eigenvalue weighted by molar-refractivity contribution is 5.89. The van der Waals surface area contributed by atoms with Crippen molar-refractivity contribution in [3.8, 4) is 11.3 Å². The van der Waals surface area contributed by atoms with Gasteiger partial charge in [-0.3, -0.25) is 0 Å². The molecule has 0 bridgehead atoms. The van der Waals surface area contributed by atoms with Crippen LogP contribution in [0.4, 0.5) is 0 Å². The molecule has 0 spiro atoms. The van der Waals surface area contributed by atoms with Crippen LogP contribution < -0.4 is 4.40 Å². The normalized spacial score (nSPS) is 11.1. The number of imidazole rings is 1. The van der Waals surface area contributed by atoms with E-state index in [-0.39, 0.29) is 5.97 Å². The molecule has 0 saturated carbocycles. The number of aryl methyl sites for hydroxylation is 1. The number of carbonyl (C=O) groups is 1. The minimum atomic E-state index is -0.358. The molecule has 5 heteroatoms. The van der Waals surface area contributed by atoms with Crippen molar-refractivity contribution in [3.63, 3.8) is 0 Å². The van der Waals surface area contributed by atoms with Gasteiger partial charge in [0.1, 0.15) is 6.20 Å². The van der Waals surface area contributed by atoms with Crippen molar-refractivity contribution in [1.82, 2.24) is 9.63 Å². The van der Waals surface area contributed by atoms with Gasteiger partial charge in [-0.25, -0.2) is 13.8 Å². The monoisotopic (exact) mass is 296 g/mol. The van der Waals surface area contributed by atoms with E-state index in [4.69, 9.17) is 4.84 Å². The minimum Gasteiger partial charge on any atom is -0.364 e. The molecule has 1 aromatic carbocycles. The predicted octanol–water partition coefficient (Wildman–Crippen LogP) is 2.06. The van der Waals surface area contributed by atoms with Crippen molar-refractivity contribution in [3.05, 3.63) is 60.4 Å². The fourth-order valence-electron chi connectivity index (χ4n) is 2.45. The van der Waals surface area contributed by atoms with Gasteiger partial charge in [0.05, 0.1) is 18.8 Å². The molecule has 0 aliphatic heterocycles. The maximum absolute atomic E-state index is 11.8. The van der Waals surface area contributed by atoms with Gasteiger partial charge >= 0.3 is 5.97 Å². The number of rotatable bonds is 3. The van der Waals surface area contributed by atoms with Crippen molar-refractivity contribution in [2.24, 2.45) is 7.05 Å². The first kappa shape index (κ1) is 14.3. The lowest BCUT2D eigenvalue weighted by Crippen LogP contribution is -2.18. The van der Waals surface area contributed by atoms with Gasteiger partial charge in [0.25, 0.3) is 5.65 Å². The van der Waals surface area contributed by atoms with Gasteiger partial charge in [-0.15, -0.1) is 5.06 Å². The van der Waals surface area contributed by atoms with Gasteiger partial charge in [0.2, 0.25) is 0 Å². The lowest BCUT2D eigenvalue weighted by Gasteiger charge is -2.09. The average Bonchev–Trinajstić information content (AvgIpc) is 2.84. The van der Waals surface area contributed by atoms with Crippen molar-refractivity contribution in [2.75, 3.05) is 14.1 Å². The zero-order chi connectivity index (χ0) is 15.7. The zero-order valence-electron chi connectivity index (χ0n) is 12.9. The first-order chi connectivity index (χ1) is 10.6. The molecule has 0 atom stereocenters. The largest absolute Gasteiger partial charge is 0.364 e. The van der Waals surface area contributed by atoms with Crippen LogP contribution >= 0.6 is 0 Å². The Morgan fingerprint density at radius 2 is 1.86 bits per heavy atom. The molecule has 3 rings (SSSR count). The summed E-state index contributed by atoms with van der Waals surface area (Å²) in [6, 6.07) is 13.5. The molecule has 0 amide bonds. The summed E-state index contributed by atoms with van der Waals surface area (Å²) < 4.78 is 4.19. The number of benzene rings is 1. The molecule has 0 unspecified atom stereocenters. The van der Waals surface area contributed by atoms with E-state index >= 15 is 0 Å². The quantitative estimate of drug-likeness (QED) is 0.548. The SMILES string of the molecule is CN(C)OC(=O)c1ccc(-c2c[n+]3ccccc3n2C)cc1. The molecule has 0 aliphatic carbocycles. The summed E-state index contributed by atoms with van der Waals surface area (Å²) in [4.78, 5) is 16.9. The molecule has 22 heavy (non-hydrogen) atoms. The molecule has 0 saturated heterocycles. The van der Waals surface area contributed by atoms with Crippen LogP contribution in [0.5, 0.6) is 0 Å². The summed E-state index contributed by atoms with van der Waals surface area (Å²) in [6.45, 7) is 0. The summed E-state index contributed by atoms with van der Waals surface area (Å²) in [7, 11) is 5.39. The Hall–Kier alpha value is -2.66. The Morgan fingerprint density at radius 3 is 2.50 bits per heavy atom. The first-order valence-electron chi connectivity index (χ1n) is 7.02. The number of fused-ring (bicyclic) bond motifs is 1. The number of nitrogens with zero attached hydrogens (tertiary/aromatic N) is 3. The van der Waals surface area contributed by atoms with E-state index in [2.05, 4.69) is 21.2 Å². The van der Waals surface area contributed by atoms with E-state index in [0.29, 0.717) is 5.56 Å². The molecule has 0 fully saturated rings. The van der Waals surface area contributed by atoms with Gasteiger partial charge in [-0.1, -0.05) is 6.07 Å². The van der Waals surface area contributed by atoms with E-state index in [1.165, 1.54) is 5.06 Å². The van der Waals surface area contributed by atoms with Crippen molar-refractivity contribution in [2.45, 2.75) is 0 Å². The highest BCUT2D eigenvalue weighted by Crippen LogP contribution is 2.20. The van der Waals surface area contributed by atoms with Crippen LogP contribution in [0.3, 0.4) is 0 Å². The maximum atomic E-state index is 11.8. The van der Waals surface area contributed by atoms with Gasteiger partial charge in [0, 0.05) is 25.7 Å². The fraction of sp³-hybridized carbons (Fsp3) is 0.176. The fourth-order valence-corrected chi connectivity index (χ4v) is 2.45. The van der Waals surface area contributed by atoms with Crippen LogP contribution in [-0.2, 0) is 11.9 Å². The number of hydrogen-bond donors (Lipinski definition) is 0. The van der Waals surface area contributed by atoms with Gasteiger partial charge in [-0.05, 0) is 30.3 Å². The molecule has 5 nitrogen and oxygen atoms in total. The van der Waals surface area contributed by atoms with Gasteiger partial charge in [-0.2, -0.15) is 0 Å². The van der Waals surface area contributed by atoms with Gasteiger partial charge < -0.3 is 4.84 Å². The highest BCUT2D eigenvalue weighted by Gasteiger charge is 2.16. The van der Waals surface area contributed by atoms with Gasteiger partial charge in [0.15, 0.2) is 5.69 Å². The molecular weight excluding hydrogens is 278 g/mol. The Balaban J connectivity index is 1.95. The lowest BCUT2D eigenvalue weighted by atomic mass is 10.1. The summed E-state index contributed by atoms with van der Waals surface area (Å²) in [6.07, 6.45) is 4.09. The number of hydroxylamine groups is 2. The molecule has 3 aromatic rings. The smallest absolute Gasteiger partial charge is 0.356 e. The minimum absolute atomic E-state index is 0.358. The maximum Gasteiger partial charge on any atom is 0.356 e. The van der Waals surface area contributed by atoms with E-state index in [1.54, 1.807) is 26.2 Å². The van der Waals surface area contributed by atoms with Crippen molar-refractivity contribution >= 4 is 11.6 Å². The van der Waals surface area contributed by atoms with Crippen LogP contribution in [0, 0.1) is 0 Å². The molecule has 0 aliphatic rings. The average molecular weight is 296 g/mol. The summed E-state index contributed by atoms with van der Waals surface area (Å²) >= 11 is 0. The topological polar surface area (TPSA) is 38.6 Å². The Bertz CT molecular complexity index is 820. The summed E-state index contributed by atoms with van der Waals surface area (Å²) in [5.74, 6) is -0.358. The molecule has 112 valence electrons. The highest BCUT2D eigenvalue weighted by atomic mass is 16.7. The number of aromatic nitrogens is 2. The Kier molecular flexibility index (Phi) is 3.65. The standard InChI is InChI=1S/C17H18N3O2/c1-18(2)22-17(21)14-9-7-13(8-10-14)15-12-20-11-5-4-6-16(20)19(15)3/h4-12H,1-3H3/q+1.